The summed E-state index contributed by atoms with van der Waals surface area (Å²) in [6.07, 6.45) is 1.39. The maximum absolute atomic E-state index is 12.9. The van der Waals surface area contributed by atoms with Gasteiger partial charge in [0.2, 0.25) is 10.0 Å². The zero-order valence-electron chi connectivity index (χ0n) is 14.7. The van der Waals surface area contributed by atoms with Gasteiger partial charge >= 0.3 is 0 Å². The number of benzene rings is 2. The molecule has 1 aliphatic carbocycles. The number of hydrogen-bond donors (Lipinski definition) is 1. The van der Waals surface area contributed by atoms with Crippen molar-refractivity contribution in [2.24, 2.45) is 0 Å². The highest BCUT2D eigenvalue weighted by Gasteiger charge is 2.30. The first-order valence-corrected chi connectivity index (χ1v) is 9.86. The Labute approximate surface area is 158 Å². The zero-order valence-corrected chi connectivity index (χ0v) is 16.3. The minimum absolute atomic E-state index is 0.0152. The Morgan fingerprint density at radius 2 is 1.65 bits per heavy atom. The molecule has 0 heterocycles. The average molecular weight is 398 g/mol. The molecule has 0 bridgehead atoms. The fraction of sp³-hybridized carbons (Fsp3) is 0.333. The Kier molecular flexibility index (Phi) is 5.32. The zero-order chi connectivity index (χ0) is 18.9. The molecular weight excluding hydrogens is 378 g/mol. The van der Waals surface area contributed by atoms with Crippen molar-refractivity contribution in [1.82, 2.24) is 4.72 Å². The lowest BCUT2D eigenvalue weighted by Crippen LogP contribution is -2.27. The summed E-state index contributed by atoms with van der Waals surface area (Å²) in [4.78, 5) is 0.0152. The van der Waals surface area contributed by atoms with E-state index in [9.17, 15) is 8.42 Å². The molecule has 0 aromatic heterocycles. The number of rotatable bonds is 6. The Hall–Kier alpha value is -1.96. The minimum atomic E-state index is -3.82. The summed E-state index contributed by atoms with van der Waals surface area (Å²) in [7, 11) is 0.727. The van der Waals surface area contributed by atoms with Gasteiger partial charge in [-0.2, -0.15) is 0 Å². The van der Waals surface area contributed by atoms with E-state index in [1.807, 2.05) is 12.1 Å². The molecule has 140 valence electrons. The molecule has 26 heavy (non-hydrogen) atoms. The Bertz CT molecular complexity index is 929. The number of aryl methyl sites for hydroxylation is 1. The van der Waals surface area contributed by atoms with Crippen LogP contribution in [0.5, 0.6) is 17.2 Å². The third kappa shape index (κ3) is 3.47. The van der Waals surface area contributed by atoms with E-state index >= 15 is 0 Å². The van der Waals surface area contributed by atoms with Crippen LogP contribution in [-0.4, -0.2) is 29.7 Å². The highest BCUT2D eigenvalue weighted by atomic mass is 35.5. The van der Waals surface area contributed by atoms with Crippen LogP contribution >= 0.6 is 11.6 Å². The normalized spacial score (nSPS) is 16.2. The average Bonchev–Trinajstić information content (AvgIpc) is 3.01. The van der Waals surface area contributed by atoms with Crippen LogP contribution in [0, 0.1) is 0 Å². The molecule has 1 atom stereocenters. The van der Waals surface area contributed by atoms with Crippen molar-refractivity contribution in [2.75, 3.05) is 21.3 Å². The van der Waals surface area contributed by atoms with Crippen molar-refractivity contribution in [1.29, 1.82) is 0 Å². The minimum Gasteiger partial charge on any atom is -0.495 e. The van der Waals surface area contributed by atoms with Crippen LogP contribution in [0.3, 0.4) is 0 Å². The molecule has 2 aromatic carbocycles. The van der Waals surface area contributed by atoms with Crippen molar-refractivity contribution < 1.29 is 22.6 Å². The molecule has 6 nitrogen and oxygen atoms in total. The van der Waals surface area contributed by atoms with Gasteiger partial charge in [0.1, 0.15) is 10.6 Å². The second kappa shape index (κ2) is 7.34. The van der Waals surface area contributed by atoms with Gasteiger partial charge in [-0.1, -0.05) is 11.6 Å². The first kappa shape index (κ1) is 18.8. The third-order valence-corrected chi connectivity index (χ3v) is 6.16. The number of ether oxygens (including phenoxy) is 3. The molecule has 0 fully saturated rings. The number of sulfonamides is 1. The Morgan fingerprint density at radius 3 is 2.31 bits per heavy atom. The van der Waals surface area contributed by atoms with Gasteiger partial charge < -0.3 is 14.2 Å². The van der Waals surface area contributed by atoms with E-state index in [2.05, 4.69) is 4.72 Å². The predicted octanol–water partition coefficient (Wildman–Crippen LogP) is 3.33. The Morgan fingerprint density at radius 1 is 1.00 bits per heavy atom. The molecule has 1 N–H and O–H groups in total. The van der Waals surface area contributed by atoms with Gasteiger partial charge in [0.05, 0.1) is 21.3 Å². The molecular formula is C18H20ClNO5S. The Balaban J connectivity index is 1.95. The number of methoxy groups -OCH3 is 3. The van der Waals surface area contributed by atoms with E-state index in [1.54, 1.807) is 20.3 Å². The van der Waals surface area contributed by atoms with Crippen LogP contribution < -0.4 is 18.9 Å². The van der Waals surface area contributed by atoms with E-state index in [0.29, 0.717) is 22.9 Å². The maximum Gasteiger partial charge on any atom is 0.244 e. The smallest absolute Gasteiger partial charge is 0.244 e. The number of halogens is 1. The van der Waals surface area contributed by atoms with Crippen LogP contribution in [0.15, 0.2) is 35.2 Å². The molecule has 8 heteroatoms. The van der Waals surface area contributed by atoms with Crippen molar-refractivity contribution in [3.8, 4) is 17.2 Å². The van der Waals surface area contributed by atoms with E-state index in [0.717, 1.165) is 17.5 Å². The fourth-order valence-electron chi connectivity index (χ4n) is 3.17. The first-order valence-electron chi connectivity index (χ1n) is 8.00. The fourth-order valence-corrected chi connectivity index (χ4v) is 4.85. The lowest BCUT2D eigenvalue weighted by atomic mass is 10.1. The van der Waals surface area contributed by atoms with Crippen LogP contribution in [0.2, 0.25) is 5.02 Å². The standard InChI is InChI=1S/C18H20ClNO5S/c1-23-15-7-5-12(19)9-18(15)26(21,22)20-14-6-4-11-8-16(24-2)17(25-3)10-13(11)14/h5,7-10,14,20H,4,6H2,1-3H3. The summed E-state index contributed by atoms with van der Waals surface area (Å²) >= 11 is 5.97. The second-order valence-electron chi connectivity index (χ2n) is 5.91. The molecule has 2 aromatic rings. The predicted molar refractivity (Wildman–Crippen MR) is 98.9 cm³/mol. The third-order valence-electron chi connectivity index (χ3n) is 4.44. The van der Waals surface area contributed by atoms with Crippen molar-refractivity contribution in [2.45, 2.75) is 23.8 Å². The van der Waals surface area contributed by atoms with Gasteiger partial charge in [-0.25, -0.2) is 13.1 Å². The van der Waals surface area contributed by atoms with Gasteiger partial charge in [0, 0.05) is 11.1 Å². The first-order chi connectivity index (χ1) is 12.4. The summed E-state index contributed by atoms with van der Waals surface area (Å²) in [5.41, 5.74) is 1.92. The van der Waals surface area contributed by atoms with Gasteiger partial charge in [-0.05, 0) is 54.3 Å². The summed E-state index contributed by atoms with van der Waals surface area (Å²) in [6, 6.07) is 7.85. The van der Waals surface area contributed by atoms with Crippen LogP contribution in [0.1, 0.15) is 23.6 Å². The van der Waals surface area contributed by atoms with E-state index < -0.39 is 10.0 Å². The molecule has 0 radical (unpaired) electrons. The summed E-state index contributed by atoms with van der Waals surface area (Å²) in [5.74, 6) is 1.44. The second-order valence-corrected chi connectivity index (χ2v) is 8.03. The van der Waals surface area contributed by atoms with E-state index in [1.165, 1.54) is 19.2 Å². The maximum atomic E-state index is 12.9. The largest absolute Gasteiger partial charge is 0.495 e. The summed E-state index contributed by atoms with van der Waals surface area (Å²) in [5, 5.41) is 0.324. The van der Waals surface area contributed by atoms with Crippen LogP contribution in [0.4, 0.5) is 0 Å². The lowest BCUT2D eigenvalue weighted by molar-refractivity contribution is 0.354. The van der Waals surface area contributed by atoms with Crippen LogP contribution in [-0.2, 0) is 16.4 Å². The molecule has 3 rings (SSSR count). The molecule has 0 aliphatic heterocycles. The monoisotopic (exact) mass is 397 g/mol. The highest BCUT2D eigenvalue weighted by Crippen LogP contribution is 2.40. The number of nitrogens with one attached hydrogen (secondary N) is 1. The molecule has 0 amide bonds. The van der Waals surface area contributed by atoms with E-state index in [-0.39, 0.29) is 16.7 Å². The lowest BCUT2D eigenvalue weighted by Gasteiger charge is -2.17. The van der Waals surface area contributed by atoms with Crippen molar-refractivity contribution in [3.63, 3.8) is 0 Å². The van der Waals surface area contributed by atoms with Crippen molar-refractivity contribution in [3.05, 3.63) is 46.5 Å². The molecule has 0 saturated carbocycles. The SMILES string of the molecule is COc1cc2c(cc1OC)C(NS(=O)(=O)c1cc(Cl)ccc1OC)CC2. The molecule has 1 unspecified atom stereocenters. The van der Waals surface area contributed by atoms with Gasteiger partial charge in [0.15, 0.2) is 11.5 Å². The molecule has 0 spiro atoms. The molecule has 0 saturated heterocycles. The van der Waals surface area contributed by atoms with Crippen molar-refractivity contribution >= 4 is 21.6 Å². The molecule has 1 aliphatic rings. The summed E-state index contributed by atoms with van der Waals surface area (Å²) in [6.45, 7) is 0. The number of hydrogen-bond acceptors (Lipinski definition) is 5. The van der Waals surface area contributed by atoms with Gasteiger partial charge in [0.25, 0.3) is 0 Å². The highest BCUT2D eigenvalue weighted by molar-refractivity contribution is 7.89. The quantitative estimate of drug-likeness (QED) is 0.809. The summed E-state index contributed by atoms with van der Waals surface area (Å²) < 4.78 is 44.4. The van der Waals surface area contributed by atoms with Gasteiger partial charge in [-0.3, -0.25) is 0 Å². The number of fused-ring (bicyclic) bond motifs is 1. The topological polar surface area (TPSA) is 73.9 Å². The van der Waals surface area contributed by atoms with Gasteiger partial charge in [-0.15, -0.1) is 0 Å². The van der Waals surface area contributed by atoms with Crippen LogP contribution in [0.25, 0.3) is 0 Å². The van der Waals surface area contributed by atoms with E-state index in [4.69, 9.17) is 25.8 Å².